The van der Waals surface area contributed by atoms with Crippen molar-refractivity contribution >= 4 is 23.6 Å². The van der Waals surface area contributed by atoms with Gasteiger partial charge < -0.3 is 78.1 Å². The van der Waals surface area contributed by atoms with Gasteiger partial charge in [0.15, 0.2) is 46.0 Å². The number of amides is 4. The van der Waals surface area contributed by atoms with E-state index in [1.807, 2.05) is 121 Å². The molecule has 4 amide bonds. The average molecular weight is 1410 g/mol. The number of hydrogen-bond donors (Lipinski definition) is 4. The molecule has 0 unspecified atom stereocenters. The van der Waals surface area contributed by atoms with Crippen LogP contribution in [0.4, 0.5) is 0 Å². The zero-order chi connectivity index (χ0) is 71.7. The van der Waals surface area contributed by atoms with Gasteiger partial charge in [0, 0.05) is 50.4 Å². The fourth-order valence-corrected chi connectivity index (χ4v) is 13.7. The molecule has 8 heterocycles. The summed E-state index contributed by atoms with van der Waals surface area (Å²) in [4.78, 5) is 49.2. The second-order valence-corrected chi connectivity index (χ2v) is 27.6. The summed E-state index contributed by atoms with van der Waals surface area (Å²) in [7, 11) is 0. The lowest BCUT2D eigenvalue weighted by atomic mass is 9.99. The second-order valence-electron chi connectivity index (χ2n) is 27.6. The van der Waals surface area contributed by atoms with Crippen molar-refractivity contribution in [2.75, 3.05) is 53.4 Å². The van der Waals surface area contributed by atoms with Crippen molar-refractivity contribution in [3.8, 4) is 69.0 Å². The Hall–Kier alpha value is -10.8. The molecular weight excluding hydrogens is 1320 g/mol. The number of hydrogen-bond acceptors (Lipinski definition) is 16. The van der Waals surface area contributed by atoms with Gasteiger partial charge in [-0.05, 0) is 144 Å². The Morgan fingerprint density at radius 3 is 0.683 bits per heavy atom. The van der Waals surface area contributed by atoms with Crippen LogP contribution in [-0.2, 0) is 44.9 Å². The van der Waals surface area contributed by atoms with Crippen LogP contribution < -0.4 is 78.1 Å². The molecule has 8 aromatic carbocycles. The van der Waals surface area contributed by atoms with E-state index in [9.17, 15) is 19.2 Å². The maximum Gasteiger partial charge on any atom is 0.231 e. The molecular formula is C84H92N4O16. The Morgan fingerprint density at radius 1 is 0.288 bits per heavy atom. The summed E-state index contributed by atoms with van der Waals surface area (Å²) >= 11 is 0. The summed E-state index contributed by atoms with van der Waals surface area (Å²) < 4.78 is 67.3. The molecule has 8 atom stereocenters. The zero-order valence-electron chi connectivity index (χ0n) is 59.5. The second kappa shape index (κ2) is 34.5. The topological polar surface area (TPSA) is 227 Å². The van der Waals surface area contributed by atoms with E-state index in [2.05, 4.69) is 97.5 Å². The van der Waals surface area contributed by atoms with E-state index in [0.29, 0.717) is 74.9 Å². The van der Waals surface area contributed by atoms with Gasteiger partial charge in [-0.1, -0.05) is 149 Å². The summed E-state index contributed by atoms with van der Waals surface area (Å²) in [5.41, 5.74) is 9.37. The summed E-state index contributed by atoms with van der Waals surface area (Å²) in [5, 5.41) is 12.1. The monoisotopic (exact) mass is 1410 g/mol. The maximum absolute atomic E-state index is 12.3. The first kappa shape index (κ1) is 71.6. The number of carbonyl (C=O) groups is 4. The summed E-state index contributed by atoms with van der Waals surface area (Å²) in [6.07, 6.45) is 7.90. The first-order valence-corrected chi connectivity index (χ1v) is 36.4. The Balaban J connectivity index is 0.000000123. The van der Waals surface area contributed by atoms with Crippen LogP contribution in [0.3, 0.4) is 0 Å². The van der Waals surface area contributed by atoms with E-state index in [1.54, 1.807) is 0 Å². The van der Waals surface area contributed by atoms with Gasteiger partial charge in [-0.3, -0.25) is 19.2 Å². The molecule has 0 aromatic heterocycles. The predicted molar refractivity (Wildman–Crippen MR) is 391 cm³/mol. The summed E-state index contributed by atoms with van der Waals surface area (Å²) in [6, 6.07) is 56.3. The van der Waals surface area contributed by atoms with E-state index in [1.165, 1.54) is 22.3 Å². The lowest BCUT2D eigenvalue weighted by Crippen LogP contribution is -2.33. The van der Waals surface area contributed by atoms with Crippen LogP contribution in [0.5, 0.6) is 69.0 Å². The highest BCUT2D eigenvalue weighted by Gasteiger charge is 2.31. The molecule has 8 aliphatic rings. The Morgan fingerprint density at radius 2 is 0.481 bits per heavy atom. The van der Waals surface area contributed by atoms with Gasteiger partial charge in [0.1, 0.15) is 47.4 Å². The molecule has 0 fully saturated rings. The minimum Gasteiger partial charge on any atom is -0.489 e. The number of nitrogens with one attached hydrogen (secondary N) is 4. The molecule has 0 spiro atoms. The average Bonchev–Trinajstić information content (AvgIpc) is 1.79. The Bertz CT molecular complexity index is 3700. The third-order valence-electron chi connectivity index (χ3n) is 19.9. The van der Waals surface area contributed by atoms with Crippen LogP contribution in [0.1, 0.15) is 147 Å². The summed E-state index contributed by atoms with van der Waals surface area (Å²) in [5.74, 6) is 10.4. The predicted octanol–water partition coefficient (Wildman–Crippen LogP) is 13.7. The van der Waals surface area contributed by atoms with E-state index in [-0.39, 0.29) is 98.9 Å². The third kappa shape index (κ3) is 19.1. The fourth-order valence-electron chi connectivity index (χ4n) is 13.7. The quantitative estimate of drug-likeness (QED) is 0.0556. The molecule has 0 saturated carbocycles. The molecule has 0 bridgehead atoms. The standard InChI is InChI=1S/4C21H23NO4/c4*1-14(15-5-3-2-4-6-15)12-22-21(23)10-17-8-7-16-9-19-20(25-13-24-19)11-18(16)26-17/h4*2-6,9,11,14,17H,7-8,10,12-13H2,1H3,(H,22,23)/t4*14-,17-/m0000/s1. The highest BCUT2D eigenvalue weighted by molar-refractivity contribution is 5.78. The normalized spacial score (nSPS) is 18.6. The van der Waals surface area contributed by atoms with Crippen molar-refractivity contribution in [1.82, 2.24) is 21.3 Å². The number of ether oxygens (including phenoxy) is 12. The highest BCUT2D eigenvalue weighted by atomic mass is 16.7. The van der Waals surface area contributed by atoms with Crippen LogP contribution in [0.25, 0.3) is 0 Å². The Labute approximate surface area is 607 Å². The number of rotatable bonds is 20. The lowest BCUT2D eigenvalue weighted by molar-refractivity contribution is -0.123. The minimum atomic E-state index is -0.102. The van der Waals surface area contributed by atoms with E-state index < -0.39 is 0 Å². The van der Waals surface area contributed by atoms with Crippen molar-refractivity contribution in [2.24, 2.45) is 0 Å². The molecule has 0 saturated heterocycles. The fraction of sp³-hybridized carbons (Fsp3) is 0.381. The largest absolute Gasteiger partial charge is 0.489 e. The highest BCUT2D eigenvalue weighted by Crippen LogP contribution is 2.45. The molecule has 8 aliphatic heterocycles. The molecule has 16 rings (SSSR count). The van der Waals surface area contributed by atoms with Crippen LogP contribution >= 0.6 is 0 Å². The third-order valence-corrected chi connectivity index (χ3v) is 19.9. The van der Waals surface area contributed by atoms with Gasteiger partial charge in [0.05, 0.1) is 25.7 Å². The number of carbonyl (C=O) groups excluding carboxylic acids is 4. The van der Waals surface area contributed by atoms with Gasteiger partial charge in [-0.15, -0.1) is 0 Å². The maximum atomic E-state index is 12.3. The number of fused-ring (bicyclic) bond motifs is 8. The molecule has 0 aliphatic carbocycles. The van der Waals surface area contributed by atoms with Gasteiger partial charge in [0.25, 0.3) is 0 Å². The van der Waals surface area contributed by atoms with Crippen LogP contribution in [-0.4, -0.2) is 101 Å². The van der Waals surface area contributed by atoms with E-state index in [0.717, 1.165) is 120 Å². The van der Waals surface area contributed by atoms with Crippen molar-refractivity contribution in [3.63, 3.8) is 0 Å². The number of benzene rings is 8. The smallest absolute Gasteiger partial charge is 0.231 e. The molecule has 20 nitrogen and oxygen atoms in total. The van der Waals surface area contributed by atoms with Crippen molar-refractivity contribution in [1.29, 1.82) is 0 Å². The molecule has 20 heteroatoms. The van der Waals surface area contributed by atoms with Gasteiger partial charge in [0.2, 0.25) is 50.8 Å². The summed E-state index contributed by atoms with van der Waals surface area (Å²) in [6.45, 7) is 12.0. The Kier molecular flexibility index (Phi) is 23.7. The first-order valence-electron chi connectivity index (χ1n) is 36.4. The van der Waals surface area contributed by atoms with E-state index in [4.69, 9.17) is 56.8 Å². The van der Waals surface area contributed by atoms with E-state index >= 15 is 0 Å². The number of aryl methyl sites for hydroxylation is 4. The van der Waals surface area contributed by atoms with Crippen LogP contribution in [0.15, 0.2) is 170 Å². The molecule has 104 heavy (non-hydrogen) atoms. The zero-order valence-corrected chi connectivity index (χ0v) is 59.5. The van der Waals surface area contributed by atoms with Gasteiger partial charge in [-0.2, -0.15) is 0 Å². The molecule has 0 radical (unpaired) electrons. The van der Waals surface area contributed by atoms with Crippen molar-refractivity contribution in [2.45, 2.75) is 153 Å². The molecule has 4 N–H and O–H groups in total. The van der Waals surface area contributed by atoms with Crippen molar-refractivity contribution in [3.05, 3.63) is 214 Å². The van der Waals surface area contributed by atoms with Crippen LogP contribution in [0.2, 0.25) is 0 Å². The minimum absolute atomic E-state index is 0.0296. The van der Waals surface area contributed by atoms with Crippen molar-refractivity contribution < 1.29 is 76.0 Å². The molecule has 8 aromatic rings. The first-order chi connectivity index (χ1) is 50.7. The SMILES string of the molecule is C[C@@H](CNC(=O)C[C@@H]1CCc2cc3c(cc2O1)OCO3)c1ccccc1.C[C@@H](CNC(=O)C[C@@H]1CCc2cc3c(cc2O1)OCO3)c1ccccc1.C[C@@H](CNC(=O)C[C@@H]1CCc2cc3c(cc2O1)OCO3)c1ccccc1.C[C@@H](CNC(=O)C[C@@H]1CCc2cc3c(cc2O1)OCO3)c1ccccc1. The van der Waals surface area contributed by atoms with Gasteiger partial charge in [-0.25, -0.2) is 0 Å². The van der Waals surface area contributed by atoms with Gasteiger partial charge >= 0.3 is 0 Å². The van der Waals surface area contributed by atoms with Crippen LogP contribution in [0, 0.1) is 0 Å². The lowest BCUT2D eigenvalue weighted by Gasteiger charge is -2.26. The molecule has 544 valence electrons.